The summed E-state index contributed by atoms with van der Waals surface area (Å²) in [5, 5.41) is 2.94. The quantitative estimate of drug-likeness (QED) is 0.638. The van der Waals surface area contributed by atoms with Gasteiger partial charge in [-0.3, -0.25) is 9.59 Å². The van der Waals surface area contributed by atoms with E-state index in [-0.39, 0.29) is 23.3 Å². The summed E-state index contributed by atoms with van der Waals surface area (Å²) in [5.41, 5.74) is 4.70. The van der Waals surface area contributed by atoms with Crippen LogP contribution in [0.25, 0.3) is 0 Å². The van der Waals surface area contributed by atoms with Gasteiger partial charge in [0, 0.05) is 19.0 Å². The highest BCUT2D eigenvalue weighted by atomic mass is 16.2. The topological polar surface area (TPSA) is 49.4 Å². The standard InChI is InChI=1S/C27H38N2O2/c1-19(2)28-26(31)21(4)29(18-23-10-8-9-20(3)17-23)25(30)16-13-22-11-14-24(15-12-22)27(5,6)7/h8-12,14-15,17,19,21H,13,16,18H2,1-7H3,(H,28,31)/t21-/m0/s1. The molecule has 0 aromatic heterocycles. The number of aryl methyl sites for hydroxylation is 2. The van der Waals surface area contributed by atoms with Crippen LogP contribution >= 0.6 is 0 Å². The van der Waals surface area contributed by atoms with E-state index in [9.17, 15) is 9.59 Å². The van der Waals surface area contributed by atoms with Crippen molar-refractivity contribution in [2.24, 2.45) is 0 Å². The summed E-state index contributed by atoms with van der Waals surface area (Å²) >= 11 is 0. The van der Waals surface area contributed by atoms with E-state index in [1.165, 1.54) is 5.56 Å². The number of benzene rings is 2. The van der Waals surface area contributed by atoms with Gasteiger partial charge in [0.2, 0.25) is 11.8 Å². The van der Waals surface area contributed by atoms with Crippen LogP contribution in [-0.2, 0) is 28.0 Å². The van der Waals surface area contributed by atoms with Gasteiger partial charge < -0.3 is 10.2 Å². The van der Waals surface area contributed by atoms with E-state index in [2.05, 4.69) is 56.4 Å². The molecule has 0 aliphatic rings. The Morgan fingerprint density at radius 1 is 0.968 bits per heavy atom. The SMILES string of the molecule is Cc1cccc(CN(C(=O)CCc2ccc(C(C)(C)C)cc2)[C@@H](C)C(=O)NC(C)C)c1. The van der Waals surface area contributed by atoms with E-state index in [0.29, 0.717) is 19.4 Å². The van der Waals surface area contributed by atoms with Crippen molar-refractivity contribution in [2.75, 3.05) is 0 Å². The predicted molar refractivity (Wildman–Crippen MR) is 128 cm³/mol. The molecule has 1 atom stereocenters. The second kappa shape index (κ2) is 10.6. The molecule has 0 bridgehead atoms. The molecule has 0 heterocycles. The van der Waals surface area contributed by atoms with Crippen LogP contribution < -0.4 is 5.32 Å². The van der Waals surface area contributed by atoms with Crippen LogP contribution in [0.15, 0.2) is 48.5 Å². The Labute approximate surface area is 188 Å². The molecule has 0 saturated carbocycles. The number of amides is 2. The highest BCUT2D eigenvalue weighted by Gasteiger charge is 2.26. The molecule has 0 saturated heterocycles. The maximum atomic E-state index is 13.2. The number of carbonyl (C=O) groups is 2. The Morgan fingerprint density at radius 3 is 2.16 bits per heavy atom. The number of nitrogens with one attached hydrogen (secondary N) is 1. The molecule has 2 aromatic carbocycles. The average Bonchev–Trinajstić information content (AvgIpc) is 2.69. The number of hydrogen-bond donors (Lipinski definition) is 1. The number of hydrogen-bond acceptors (Lipinski definition) is 2. The van der Waals surface area contributed by atoms with Gasteiger partial charge in [-0.05, 0) is 56.2 Å². The Kier molecular flexibility index (Phi) is 8.43. The molecule has 2 aromatic rings. The Balaban J connectivity index is 2.14. The van der Waals surface area contributed by atoms with E-state index in [0.717, 1.165) is 16.7 Å². The van der Waals surface area contributed by atoms with E-state index in [1.807, 2.05) is 45.9 Å². The molecule has 2 amide bonds. The first-order valence-electron chi connectivity index (χ1n) is 11.2. The van der Waals surface area contributed by atoms with Crippen molar-refractivity contribution in [1.29, 1.82) is 0 Å². The van der Waals surface area contributed by atoms with Crippen molar-refractivity contribution in [3.05, 3.63) is 70.8 Å². The zero-order chi connectivity index (χ0) is 23.2. The molecule has 31 heavy (non-hydrogen) atoms. The largest absolute Gasteiger partial charge is 0.352 e. The molecular formula is C27H38N2O2. The van der Waals surface area contributed by atoms with Gasteiger partial charge in [0.15, 0.2) is 0 Å². The minimum atomic E-state index is -0.529. The van der Waals surface area contributed by atoms with Crippen molar-refractivity contribution >= 4 is 11.8 Å². The lowest BCUT2D eigenvalue weighted by atomic mass is 9.86. The minimum absolute atomic E-state index is 0.00666. The second-order valence-corrected chi connectivity index (χ2v) is 9.80. The predicted octanol–water partition coefficient (Wildman–Crippen LogP) is 5.17. The van der Waals surface area contributed by atoms with Crippen molar-refractivity contribution in [1.82, 2.24) is 10.2 Å². The maximum Gasteiger partial charge on any atom is 0.242 e. The van der Waals surface area contributed by atoms with E-state index in [1.54, 1.807) is 4.90 Å². The molecule has 0 radical (unpaired) electrons. The summed E-state index contributed by atoms with van der Waals surface area (Å²) < 4.78 is 0. The number of rotatable bonds is 8. The molecule has 0 aliphatic carbocycles. The number of nitrogens with zero attached hydrogens (tertiary/aromatic N) is 1. The Hall–Kier alpha value is -2.62. The fraction of sp³-hybridized carbons (Fsp3) is 0.481. The second-order valence-electron chi connectivity index (χ2n) is 9.80. The lowest BCUT2D eigenvalue weighted by molar-refractivity contribution is -0.140. The lowest BCUT2D eigenvalue weighted by Crippen LogP contribution is -2.49. The molecule has 168 valence electrons. The summed E-state index contributed by atoms with van der Waals surface area (Å²) in [6.45, 7) is 14.7. The normalized spacial score (nSPS) is 12.5. The molecule has 2 rings (SSSR count). The van der Waals surface area contributed by atoms with Crippen LogP contribution in [0.4, 0.5) is 0 Å². The molecule has 1 N–H and O–H groups in total. The fourth-order valence-corrected chi connectivity index (χ4v) is 3.56. The lowest BCUT2D eigenvalue weighted by Gasteiger charge is -2.29. The zero-order valence-electron chi connectivity index (χ0n) is 20.2. The summed E-state index contributed by atoms with van der Waals surface area (Å²) in [7, 11) is 0. The molecule has 0 unspecified atom stereocenters. The maximum absolute atomic E-state index is 13.2. The van der Waals surface area contributed by atoms with Crippen molar-refractivity contribution in [3.8, 4) is 0 Å². The number of carbonyl (C=O) groups excluding carboxylic acids is 2. The third-order valence-corrected chi connectivity index (χ3v) is 5.48. The van der Waals surface area contributed by atoms with Crippen LogP contribution in [0.2, 0.25) is 0 Å². The first kappa shape index (κ1) is 24.6. The van der Waals surface area contributed by atoms with E-state index in [4.69, 9.17) is 0 Å². The first-order chi connectivity index (χ1) is 14.5. The fourth-order valence-electron chi connectivity index (χ4n) is 3.56. The molecule has 4 heteroatoms. The van der Waals surface area contributed by atoms with Crippen LogP contribution in [0.1, 0.15) is 70.2 Å². The molecule has 0 aliphatic heterocycles. The summed E-state index contributed by atoms with van der Waals surface area (Å²) in [6, 6.07) is 16.1. The first-order valence-corrected chi connectivity index (χ1v) is 11.2. The van der Waals surface area contributed by atoms with Gasteiger partial charge in [-0.15, -0.1) is 0 Å². The molecule has 0 spiro atoms. The molecule has 4 nitrogen and oxygen atoms in total. The monoisotopic (exact) mass is 422 g/mol. The Morgan fingerprint density at radius 2 is 1.61 bits per heavy atom. The van der Waals surface area contributed by atoms with Crippen LogP contribution in [0.5, 0.6) is 0 Å². The summed E-state index contributed by atoms with van der Waals surface area (Å²) in [4.78, 5) is 27.6. The third-order valence-electron chi connectivity index (χ3n) is 5.48. The van der Waals surface area contributed by atoms with Gasteiger partial charge >= 0.3 is 0 Å². The smallest absolute Gasteiger partial charge is 0.242 e. The third kappa shape index (κ3) is 7.54. The summed E-state index contributed by atoms with van der Waals surface area (Å²) in [5.74, 6) is -0.127. The summed E-state index contributed by atoms with van der Waals surface area (Å²) in [6.07, 6.45) is 1.03. The molecular weight excluding hydrogens is 384 g/mol. The Bertz CT molecular complexity index is 879. The van der Waals surface area contributed by atoms with Crippen LogP contribution in [-0.4, -0.2) is 28.8 Å². The minimum Gasteiger partial charge on any atom is -0.352 e. The highest BCUT2D eigenvalue weighted by Crippen LogP contribution is 2.22. The van der Waals surface area contributed by atoms with E-state index >= 15 is 0 Å². The molecule has 0 fully saturated rings. The van der Waals surface area contributed by atoms with Gasteiger partial charge in [0.1, 0.15) is 6.04 Å². The van der Waals surface area contributed by atoms with Crippen LogP contribution in [0.3, 0.4) is 0 Å². The van der Waals surface area contributed by atoms with Crippen molar-refractivity contribution in [2.45, 2.75) is 85.4 Å². The van der Waals surface area contributed by atoms with Gasteiger partial charge in [-0.1, -0.05) is 74.9 Å². The van der Waals surface area contributed by atoms with E-state index < -0.39 is 6.04 Å². The zero-order valence-corrected chi connectivity index (χ0v) is 20.2. The van der Waals surface area contributed by atoms with Crippen molar-refractivity contribution < 1.29 is 9.59 Å². The van der Waals surface area contributed by atoms with Gasteiger partial charge in [-0.2, -0.15) is 0 Å². The van der Waals surface area contributed by atoms with Crippen molar-refractivity contribution in [3.63, 3.8) is 0 Å². The van der Waals surface area contributed by atoms with Gasteiger partial charge in [0.25, 0.3) is 0 Å². The van der Waals surface area contributed by atoms with Gasteiger partial charge in [-0.25, -0.2) is 0 Å². The van der Waals surface area contributed by atoms with Crippen LogP contribution in [0, 0.1) is 6.92 Å². The van der Waals surface area contributed by atoms with Gasteiger partial charge in [0.05, 0.1) is 0 Å². The average molecular weight is 423 g/mol. The highest BCUT2D eigenvalue weighted by molar-refractivity contribution is 5.87.